The van der Waals surface area contributed by atoms with Crippen LogP contribution in [0.5, 0.6) is 0 Å². The zero-order chi connectivity index (χ0) is 11.4. The van der Waals surface area contributed by atoms with E-state index in [2.05, 4.69) is 47.1 Å². The molecule has 0 aliphatic heterocycles. The van der Waals surface area contributed by atoms with Gasteiger partial charge in [0.05, 0.1) is 17.0 Å². The molecule has 2 atom stereocenters. The summed E-state index contributed by atoms with van der Waals surface area (Å²) in [6, 6.07) is 4.20. The van der Waals surface area contributed by atoms with Crippen LogP contribution in [0, 0.1) is 11.8 Å². The lowest BCUT2D eigenvalue weighted by molar-refractivity contribution is 0.0695. The lowest BCUT2D eigenvalue weighted by Crippen LogP contribution is -2.19. The fourth-order valence-corrected chi connectivity index (χ4v) is 3.40. The van der Waals surface area contributed by atoms with E-state index in [0.29, 0.717) is 5.92 Å². The van der Waals surface area contributed by atoms with E-state index < -0.39 is 0 Å². The van der Waals surface area contributed by atoms with Crippen LogP contribution < -0.4 is 0 Å². The van der Waals surface area contributed by atoms with Gasteiger partial charge < -0.3 is 4.74 Å². The summed E-state index contributed by atoms with van der Waals surface area (Å²) in [7, 11) is 0. The highest BCUT2D eigenvalue weighted by Crippen LogP contribution is 2.26. The summed E-state index contributed by atoms with van der Waals surface area (Å²) in [6.45, 7) is 3.96. The van der Waals surface area contributed by atoms with E-state index in [1.807, 2.05) is 0 Å². The maximum atomic E-state index is 5.80. The van der Waals surface area contributed by atoms with Crippen LogP contribution in [0.1, 0.15) is 24.6 Å². The fourth-order valence-electron chi connectivity index (χ4n) is 1.98. The van der Waals surface area contributed by atoms with Crippen molar-refractivity contribution in [3.8, 4) is 0 Å². The predicted molar refractivity (Wildman–Crippen MR) is 72.7 cm³/mol. The van der Waals surface area contributed by atoms with Gasteiger partial charge in [-0.1, -0.05) is 19.1 Å². The number of thiophene rings is 1. The minimum Gasteiger partial charge on any atom is -0.376 e. The Morgan fingerprint density at radius 1 is 1.38 bits per heavy atom. The van der Waals surface area contributed by atoms with Crippen LogP contribution in [0.15, 0.2) is 28.1 Å². The van der Waals surface area contributed by atoms with Crippen LogP contribution in [0.4, 0.5) is 0 Å². The van der Waals surface area contributed by atoms with Crippen LogP contribution in [-0.4, -0.2) is 6.61 Å². The zero-order valence-corrected chi connectivity index (χ0v) is 11.9. The Kier molecular flexibility index (Phi) is 4.62. The third-order valence-electron chi connectivity index (χ3n) is 3.12. The van der Waals surface area contributed by atoms with Gasteiger partial charge in [-0.25, -0.2) is 0 Å². The van der Waals surface area contributed by atoms with Crippen LogP contribution in [0.2, 0.25) is 0 Å². The van der Waals surface area contributed by atoms with Crippen molar-refractivity contribution in [3.63, 3.8) is 0 Å². The molecule has 0 fully saturated rings. The lowest BCUT2D eigenvalue weighted by atomic mass is 9.85. The standard InChI is InChI=1S/C13H17BrOS/c1-10-4-2-3-5-11(10)8-15-9-12-6-7-13(14)16-12/h2-3,6-7,10-11H,4-5,8-9H2,1H3. The van der Waals surface area contributed by atoms with Crippen LogP contribution in [-0.2, 0) is 11.3 Å². The molecule has 0 N–H and O–H groups in total. The second kappa shape index (κ2) is 5.99. The van der Waals surface area contributed by atoms with E-state index in [4.69, 9.17) is 4.74 Å². The van der Waals surface area contributed by atoms with E-state index in [9.17, 15) is 0 Å². The molecule has 2 unspecified atom stereocenters. The van der Waals surface area contributed by atoms with Crippen molar-refractivity contribution >= 4 is 27.3 Å². The molecule has 1 aromatic heterocycles. The normalized spacial score (nSPS) is 24.9. The number of hydrogen-bond donors (Lipinski definition) is 0. The predicted octanol–water partition coefficient (Wildman–Crippen LogP) is 4.63. The molecule has 2 rings (SSSR count). The molecule has 0 spiro atoms. The van der Waals surface area contributed by atoms with Crippen LogP contribution >= 0.6 is 27.3 Å². The second-order valence-electron chi connectivity index (χ2n) is 4.40. The van der Waals surface area contributed by atoms with Gasteiger partial charge in [0.15, 0.2) is 0 Å². The van der Waals surface area contributed by atoms with E-state index in [-0.39, 0.29) is 0 Å². The summed E-state index contributed by atoms with van der Waals surface area (Å²) >= 11 is 5.22. The van der Waals surface area contributed by atoms with E-state index in [1.165, 1.54) is 21.5 Å². The third kappa shape index (κ3) is 3.44. The largest absolute Gasteiger partial charge is 0.376 e. The van der Waals surface area contributed by atoms with Gasteiger partial charge in [0.2, 0.25) is 0 Å². The molecule has 0 radical (unpaired) electrons. The van der Waals surface area contributed by atoms with Gasteiger partial charge in [0.1, 0.15) is 0 Å². The monoisotopic (exact) mass is 300 g/mol. The Morgan fingerprint density at radius 3 is 2.88 bits per heavy atom. The third-order valence-corrected chi connectivity index (χ3v) is 4.72. The second-order valence-corrected chi connectivity index (χ2v) is 6.95. The first-order chi connectivity index (χ1) is 7.75. The van der Waals surface area contributed by atoms with Gasteiger partial charge >= 0.3 is 0 Å². The first-order valence-corrected chi connectivity index (χ1v) is 7.33. The van der Waals surface area contributed by atoms with Gasteiger partial charge in [-0.3, -0.25) is 0 Å². The first kappa shape index (κ1) is 12.3. The quantitative estimate of drug-likeness (QED) is 0.737. The molecule has 0 amide bonds. The average molecular weight is 301 g/mol. The van der Waals surface area contributed by atoms with Crippen molar-refractivity contribution in [2.75, 3.05) is 6.61 Å². The molecule has 0 saturated heterocycles. The van der Waals surface area contributed by atoms with Crippen molar-refractivity contribution in [3.05, 3.63) is 32.9 Å². The topological polar surface area (TPSA) is 9.23 Å². The molecule has 3 heteroatoms. The number of allylic oxidation sites excluding steroid dienone is 2. The number of rotatable bonds is 4. The molecular formula is C13H17BrOS. The minimum atomic E-state index is 0.702. The average Bonchev–Trinajstić information content (AvgIpc) is 2.67. The molecule has 88 valence electrons. The lowest BCUT2D eigenvalue weighted by Gasteiger charge is -2.24. The van der Waals surface area contributed by atoms with Gasteiger partial charge in [0, 0.05) is 4.88 Å². The van der Waals surface area contributed by atoms with Gasteiger partial charge in [-0.15, -0.1) is 11.3 Å². The summed E-state index contributed by atoms with van der Waals surface area (Å²) in [5.41, 5.74) is 0. The maximum Gasteiger partial charge on any atom is 0.0809 e. The van der Waals surface area contributed by atoms with Gasteiger partial charge in [-0.2, -0.15) is 0 Å². The van der Waals surface area contributed by atoms with Crippen molar-refractivity contribution in [1.29, 1.82) is 0 Å². The summed E-state index contributed by atoms with van der Waals surface area (Å²) in [6.07, 6.45) is 6.96. The van der Waals surface area contributed by atoms with Crippen LogP contribution in [0.3, 0.4) is 0 Å². The molecule has 1 nitrogen and oxygen atoms in total. The van der Waals surface area contributed by atoms with E-state index >= 15 is 0 Å². The molecule has 16 heavy (non-hydrogen) atoms. The molecular weight excluding hydrogens is 284 g/mol. The Bertz CT molecular complexity index is 359. The smallest absolute Gasteiger partial charge is 0.0809 e. The van der Waals surface area contributed by atoms with Gasteiger partial charge in [0.25, 0.3) is 0 Å². The Balaban J connectivity index is 1.73. The van der Waals surface area contributed by atoms with Crippen molar-refractivity contribution < 1.29 is 4.74 Å². The number of hydrogen-bond acceptors (Lipinski definition) is 2. The van der Waals surface area contributed by atoms with Crippen molar-refractivity contribution in [2.24, 2.45) is 11.8 Å². The molecule has 1 aliphatic rings. The first-order valence-electron chi connectivity index (χ1n) is 5.72. The molecule has 1 aromatic rings. The molecule has 0 bridgehead atoms. The highest BCUT2D eigenvalue weighted by molar-refractivity contribution is 9.11. The Labute approximate surface area is 110 Å². The summed E-state index contributed by atoms with van der Waals surface area (Å²) in [5.74, 6) is 1.47. The molecule has 0 saturated carbocycles. The summed E-state index contributed by atoms with van der Waals surface area (Å²) in [5, 5.41) is 0. The Hall–Kier alpha value is -0.120. The molecule has 0 aromatic carbocycles. The zero-order valence-electron chi connectivity index (χ0n) is 9.49. The summed E-state index contributed by atoms with van der Waals surface area (Å²) < 4.78 is 6.98. The van der Waals surface area contributed by atoms with Crippen molar-refractivity contribution in [1.82, 2.24) is 0 Å². The van der Waals surface area contributed by atoms with E-state index in [0.717, 1.165) is 19.1 Å². The number of ether oxygens (including phenoxy) is 1. The highest BCUT2D eigenvalue weighted by atomic mass is 79.9. The fraction of sp³-hybridized carbons (Fsp3) is 0.538. The molecule has 1 heterocycles. The maximum absolute atomic E-state index is 5.80. The van der Waals surface area contributed by atoms with Crippen LogP contribution in [0.25, 0.3) is 0 Å². The molecule has 1 aliphatic carbocycles. The SMILES string of the molecule is CC1CC=CCC1COCc1ccc(Br)s1. The Morgan fingerprint density at radius 2 is 2.19 bits per heavy atom. The van der Waals surface area contributed by atoms with Gasteiger partial charge in [-0.05, 0) is 52.7 Å². The minimum absolute atomic E-state index is 0.702. The van der Waals surface area contributed by atoms with E-state index in [1.54, 1.807) is 11.3 Å². The van der Waals surface area contributed by atoms with Crippen molar-refractivity contribution in [2.45, 2.75) is 26.4 Å². The highest BCUT2D eigenvalue weighted by Gasteiger charge is 2.18. The summed E-state index contributed by atoms with van der Waals surface area (Å²) in [4.78, 5) is 1.30. The number of halogens is 1.